The van der Waals surface area contributed by atoms with Crippen LogP contribution in [0.4, 0.5) is 4.39 Å². The van der Waals surface area contributed by atoms with Gasteiger partial charge in [0.15, 0.2) is 0 Å². The Labute approximate surface area is 115 Å². The topological polar surface area (TPSA) is 38.3 Å². The van der Waals surface area contributed by atoms with Crippen LogP contribution in [-0.2, 0) is 0 Å². The second kappa shape index (κ2) is 7.36. The number of halogens is 2. The molecule has 0 spiro atoms. The third kappa shape index (κ3) is 4.29. The highest BCUT2D eigenvalue weighted by Gasteiger charge is 2.13. The normalized spacial score (nSPS) is 12.0. The van der Waals surface area contributed by atoms with Crippen LogP contribution in [0.15, 0.2) is 18.2 Å². The van der Waals surface area contributed by atoms with Gasteiger partial charge in [-0.25, -0.2) is 4.39 Å². The third-order valence-electron chi connectivity index (χ3n) is 2.51. The number of carbonyl (C=O) groups excluding carboxylic acids is 1. The zero-order valence-electron chi connectivity index (χ0n) is 10.5. The van der Waals surface area contributed by atoms with Crippen LogP contribution in [0.25, 0.3) is 0 Å². The van der Waals surface area contributed by atoms with Crippen molar-refractivity contribution in [1.29, 1.82) is 0 Å². The van der Waals surface area contributed by atoms with E-state index >= 15 is 0 Å². The van der Waals surface area contributed by atoms with Gasteiger partial charge in [0.05, 0.1) is 12.7 Å². The van der Waals surface area contributed by atoms with Crippen molar-refractivity contribution in [3.05, 3.63) is 29.6 Å². The molecule has 1 aromatic carbocycles. The molecule has 0 heterocycles. The van der Waals surface area contributed by atoms with E-state index in [-0.39, 0.29) is 10.4 Å². The summed E-state index contributed by atoms with van der Waals surface area (Å²) in [7, 11) is 1.45. The lowest BCUT2D eigenvalue weighted by atomic mass is 10.2. The molecule has 0 aliphatic heterocycles. The molecule has 0 radical (unpaired) electrons. The first kappa shape index (κ1) is 15.0. The third-order valence-corrected chi connectivity index (χ3v) is 3.29. The lowest BCUT2D eigenvalue weighted by Gasteiger charge is -2.11. The van der Waals surface area contributed by atoms with E-state index in [4.69, 9.17) is 4.74 Å². The highest BCUT2D eigenvalue weighted by Crippen LogP contribution is 2.16. The molecule has 0 aliphatic carbocycles. The lowest BCUT2D eigenvalue weighted by Crippen LogP contribution is -2.30. The number of methoxy groups -OCH3 is 1. The highest BCUT2D eigenvalue weighted by molar-refractivity contribution is 9.09. The standard InChI is InChI=1S/C13H17BrFNO2/c1-3-4-9(14)8-16-13(17)11-6-5-10(18-2)7-12(11)15/h5-7,9H,3-4,8H2,1-2H3,(H,16,17). The van der Waals surface area contributed by atoms with E-state index in [1.807, 2.05) is 0 Å². The second-order valence-electron chi connectivity index (χ2n) is 3.94. The summed E-state index contributed by atoms with van der Waals surface area (Å²) in [4.78, 5) is 12.0. The van der Waals surface area contributed by atoms with Crippen LogP contribution in [0.5, 0.6) is 5.75 Å². The molecule has 5 heteroatoms. The van der Waals surface area contributed by atoms with E-state index in [9.17, 15) is 9.18 Å². The van der Waals surface area contributed by atoms with Crippen molar-refractivity contribution in [1.82, 2.24) is 5.32 Å². The van der Waals surface area contributed by atoms with Gasteiger partial charge < -0.3 is 10.1 Å². The van der Waals surface area contributed by atoms with Gasteiger partial charge in [-0.3, -0.25) is 4.79 Å². The van der Waals surface area contributed by atoms with Crippen molar-refractivity contribution in [3.63, 3.8) is 0 Å². The predicted octanol–water partition coefficient (Wildman–Crippen LogP) is 3.13. The first-order valence-corrected chi connectivity index (χ1v) is 6.75. The number of rotatable bonds is 6. The minimum Gasteiger partial charge on any atom is -0.497 e. The molecule has 3 nitrogen and oxygen atoms in total. The molecule has 1 aromatic rings. The van der Waals surface area contributed by atoms with Gasteiger partial charge >= 0.3 is 0 Å². The Morgan fingerprint density at radius 1 is 1.56 bits per heavy atom. The zero-order valence-corrected chi connectivity index (χ0v) is 12.1. The van der Waals surface area contributed by atoms with E-state index in [0.717, 1.165) is 12.8 Å². The summed E-state index contributed by atoms with van der Waals surface area (Å²) in [6.07, 6.45) is 1.99. The number of alkyl halides is 1. The largest absolute Gasteiger partial charge is 0.497 e. The van der Waals surface area contributed by atoms with Crippen LogP contribution in [-0.4, -0.2) is 24.4 Å². The number of nitrogens with one attached hydrogen (secondary N) is 1. The van der Waals surface area contributed by atoms with Gasteiger partial charge in [0.2, 0.25) is 0 Å². The number of carbonyl (C=O) groups is 1. The monoisotopic (exact) mass is 317 g/mol. The van der Waals surface area contributed by atoms with Crippen molar-refractivity contribution < 1.29 is 13.9 Å². The van der Waals surface area contributed by atoms with E-state index in [2.05, 4.69) is 28.2 Å². The Kier molecular flexibility index (Phi) is 6.12. The SMILES string of the molecule is CCCC(Br)CNC(=O)c1ccc(OC)cc1F. The predicted molar refractivity (Wildman–Crippen MR) is 72.9 cm³/mol. The average molecular weight is 318 g/mol. The lowest BCUT2D eigenvalue weighted by molar-refractivity contribution is 0.0949. The average Bonchev–Trinajstić information content (AvgIpc) is 2.36. The molecule has 0 aromatic heterocycles. The molecule has 0 saturated heterocycles. The molecule has 1 amide bonds. The van der Waals surface area contributed by atoms with Crippen LogP contribution in [0, 0.1) is 5.82 Å². The molecule has 1 atom stereocenters. The molecule has 100 valence electrons. The maximum absolute atomic E-state index is 13.6. The summed E-state index contributed by atoms with van der Waals surface area (Å²) in [6.45, 7) is 2.55. The van der Waals surface area contributed by atoms with Crippen LogP contribution >= 0.6 is 15.9 Å². The molecule has 18 heavy (non-hydrogen) atoms. The molecule has 1 N–H and O–H groups in total. The smallest absolute Gasteiger partial charge is 0.254 e. The number of ether oxygens (including phenoxy) is 1. The summed E-state index contributed by atoms with van der Waals surface area (Å²) in [5, 5.41) is 2.70. The first-order valence-electron chi connectivity index (χ1n) is 5.84. The fourth-order valence-electron chi connectivity index (χ4n) is 1.52. The number of benzene rings is 1. The molecular weight excluding hydrogens is 301 g/mol. The van der Waals surface area contributed by atoms with Crippen molar-refractivity contribution >= 4 is 21.8 Å². The van der Waals surface area contributed by atoms with Crippen molar-refractivity contribution in [3.8, 4) is 5.75 Å². The zero-order chi connectivity index (χ0) is 13.5. The van der Waals surface area contributed by atoms with Gasteiger partial charge in [-0.1, -0.05) is 29.3 Å². The number of hydrogen-bond donors (Lipinski definition) is 1. The summed E-state index contributed by atoms with van der Waals surface area (Å²) in [5.41, 5.74) is 0.0343. The minimum absolute atomic E-state index is 0.0343. The van der Waals surface area contributed by atoms with E-state index in [1.165, 1.54) is 19.2 Å². The maximum Gasteiger partial charge on any atom is 0.254 e. The molecule has 0 aliphatic rings. The fraction of sp³-hybridized carbons (Fsp3) is 0.462. The van der Waals surface area contributed by atoms with Crippen LogP contribution in [0.1, 0.15) is 30.1 Å². The summed E-state index contributed by atoms with van der Waals surface area (Å²) in [6, 6.07) is 4.19. The van der Waals surface area contributed by atoms with Crippen LogP contribution in [0.3, 0.4) is 0 Å². The van der Waals surface area contributed by atoms with E-state index in [0.29, 0.717) is 12.3 Å². The summed E-state index contributed by atoms with van der Waals surface area (Å²) >= 11 is 3.45. The molecule has 0 saturated carbocycles. The Morgan fingerprint density at radius 2 is 2.28 bits per heavy atom. The van der Waals surface area contributed by atoms with Gasteiger partial charge in [-0.05, 0) is 18.6 Å². The Hall–Kier alpha value is -1.10. The van der Waals surface area contributed by atoms with Crippen molar-refractivity contribution in [2.45, 2.75) is 24.6 Å². The van der Waals surface area contributed by atoms with Crippen LogP contribution < -0.4 is 10.1 Å². The van der Waals surface area contributed by atoms with Gasteiger partial charge in [0.1, 0.15) is 11.6 Å². The highest BCUT2D eigenvalue weighted by atomic mass is 79.9. The van der Waals surface area contributed by atoms with E-state index < -0.39 is 11.7 Å². The molecule has 1 unspecified atom stereocenters. The fourth-order valence-corrected chi connectivity index (χ4v) is 2.14. The Morgan fingerprint density at radius 3 is 2.83 bits per heavy atom. The second-order valence-corrected chi connectivity index (χ2v) is 5.24. The summed E-state index contributed by atoms with van der Waals surface area (Å²) < 4.78 is 18.5. The van der Waals surface area contributed by atoms with E-state index in [1.54, 1.807) is 6.07 Å². The number of hydrogen-bond acceptors (Lipinski definition) is 2. The number of amides is 1. The van der Waals surface area contributed by atoms with Gasteiger partial charge in [0.25, 0.3) is 5.91 Å². The summed E-state index contributed by atoms with van der Waals surface area (Å²) in [5.74, 6) is -0.586. The first-order chi connectivity index (χ1) is 8.58. The molecule has 1 rings (SSSR count). The molecule has 0 bridgehead atoms. The van der Waals surface area contributed by atoms with Gasteiger partial charge in [-0.15, -0.1) is 0 Å². The van der Waals surface area contributed by atoms with Crippen molar-refractivity contribution in [2.75, 3.05) is 13.7 Å². The van der Waals surface area contributed by atoms with Gasteiger partial charge in [0, 0.05) is 17.4 Å². The van der Waals surface area contributed by atoms with Gasteiger partial charge in [-0.2, -0.15) is 0 Å². The minimum atomic E-state index is -0.575. The van der Waals surface area contributed by atoms with Crippen LogP contribution in [0.2, 0.25) is 0 Å². The maximum atomic E-state index is 13.6. The quantitative estimate of drug-likeness (QED) is 0.819. The molecule has 0 fully saturated rings. The van der Waals surface area contributed by atoms with Crippen molar-refractivity contribution in [2.24, 2.45) is 0 Å². The Balaban J connectivity index is 2.61. The molecular formula is C13H17BrFNO2. The Bertz CT molecular complexity index is 412.